The molecule has 0 amide bonds. The van der Waals surface area contributed by atoms with Crippen molar-refractivity contribution in [2.24, 2.45) is 0 Å². The first kappa shape index (κ1) is 33.8. The molecule has 0 aliphatic carbocycles. The minimum absolute atomic E-state index is 1.21. The van der Waals surface area contributed by atoms with E-state index in [4.69, 9.17) is 0 Å². The van der Waals surface area contributed by atoms with Crippen LogP contribution in [0.25, 0.3) is 110 Å². The molecular formula is C58H38. The minimum atomic E-state index is 1.21. The van der Waals surface area contributed by atoms with E-state index in [9.17, 15) is 0 Å². The topological polar surface area (TPSA) is 0 Å². The van der Waals surface area contributed by atoms with Crippen molar-refractivity contribution in [3.8, 4) is 77.9 Å². The van der Waals surface area contributed by atoms with E-state index in [1.807, 2.05) is 0 Å². The van der Waals surface area contributed by atoms with Crippen LogP contribution in [0, 0.1) is 0 Å². The molecule has 0 aliphatic rings. The average Bonchev–Trinajstić information content (AvgIpc) is 3.31. The second-order valence-corrected chi connectivity index (χ2v) is 15.2. The molecular weight excluding hydrogens is 697 g/mol. The van der Waals surface area contributed by atoms with E-state index in [1.54, 1.807) is 0 Å². The maximum Gasteiger partial charge on any atom is -0.00141 e. The van der Waals surface area contributed by atoms with E-state index in [-0.39, 0.29) is 0 Å². The lowest BCUT2D eigenvalue weighted by atomic mass is 9.82. The zero-order valence-electron chi connectivity index (χ0n) is 31.9. The Labute approximate surface area is 339 Å². The quantitative estimate of drug-likeness (QED) is 0.143. The molecule has 0 nitrogen and oxygen atoms in total. The second kappa shape index (κ2) is 14.2. The summed E-state index contributed by atoms with van der Waals surface area (Å²) in [6.45, 7) is 0. The van der Waals surface area contributed by atoms with Crippen molar-refractivity contribution in [1.82, 2.24) is 0 Å². The fraction of sp³-hybridized carbons (Fsp3) is 0. The summed E-state index contributed by atoms with van der Waals surface area (Å²) in [7, 11) is 0. The Kier molecular flexibility index (Phi) is 8.26. The molecule has 0 saturated heterocycles. The Morgan fingerprint density at radius 3 is 1.05 bits per heavy atom. The predicted molar refractivity (Wildman–Crippen MR) is 248 cm³/mol. The van der Waals surface area contributed by atoms with Crippen LogP contribution < -0.4 is 0 Å². The maximum absolute atomic E-state index is 2.43. The maximum atomic E-state index is 2.43. The van der Waals surface area contributed by atoms with Crippen molar-refractivity contribution in [3.63, 3.8) is 0 Å². The highest BCUT2D eigenvalue weighted by atomic mass is 14.2. The first-order chi connectivity index (χ1) is 28.8. The number of rotatable bonds is 7. The van der Waals surface area contributed by atoms with Crippen LogP contribution >= 0.6 is 0 Å². The Morgan fingerprint density at radius 1 is 0.172 bits per heavy atom. The van der Waals surface area contributed by atoms with E-state index in [2.05, 4.69) is 231 Å². The molecule has 0 spiro atoms. The van der Waals surface area contributed by atoms with Crippen molar-refractivity contribution in [1.29, 1.82) is 0 Å². The molecule has 0 unspecified atom stereocenters. The van der Waals surface area contributed by atoms with Crippen LogP contribution in [0.3, 0.4) is 0 Å². The lowest BCUT2D eigenvalue weighted by Crippen LogP contribution is -1.94. The summed E-state index contributed by atoms with van der Waals surface area (Å²) < 4.78 is 0. The molecule has 11 rings (SSSR count). The summed E-state index contributed by atoms with van der Waals surface area (Å²) in [6, 6.07) is 84.5. The van der Waals surface area contributed by atoms with Gasteiger partial charge >= 0.3 is 0 Å². The van der Waals surface area contributed by atoms with Crippen LogP contribution in [0.15, 0.2) is 231 Å². The van der Waals surface area contributed by atoms with Crippen LogP contribution in [-0.4, -0.2) is 0 Å². The molecule has 11 aromatic rings. The van der Waals surface area contributed by atoms with Crippen LogP contribution in [0.2, 0.25) is 0 Å². The lowest BCUT2D eigenvalue weighted by Gasteiger charge is -2.21. The van der Waals surface area contributed by atoms with Gasteiger partial charge in [0.2, 0.25) is 0 Å². The first-order valence-corrected chi connectivity index (χ1v) is 20.1. The fourth-order valence-corrected chi connectivity index (χ4v) is 9.10. The molecule has 0 radical (unpaired) electrons. The number of hydrogen-bond donors (Lipinski definition) is 0. The zero-order chi connectivity index (χ0) is 38.4. The van der Waals surface area contributed by atoms with Gasteiger partial charge in [-0.25, -0.2) is 0 Å². The highest BCUT2D eigenvalue weighted by Crippen LogP contribution is 2.48. The van der Waals surface area contributed by atoms with Gasteiger partial charge in [0.1, 0.15) is 0 Å². The molecule has 0 aromatic heterocycles. The third kappa shape index (κ3) is 5.78. The third-order valence-electron chi connectivity index (χ3n) is 11.9. The van der Waals surface area contributed by atoms with Crippen LogP contribution in [0.4, 0.5) is 0 Å². The molecule has 0 aliphatic heterocycles. The summed E-state index contributed by atoms with van der Waals surface area (Å²) in [4.78, 5) is 0. The summed E-state index contributed by atoms with van der Waals surface area (Å²) in [5.74, 6) is 0. The molecule has 0 saturated carbocycles. The van der Waals surface area contributed by atoms with Gasteiger partial charge in [-0.15, -0.1) is 0 Å². The van der Waals surface area contributed by atoms with Crippen molar-refractivity contribution in [2.45, 2.75) is 0 Å². The molecule has 0 heteroatoms. The van der Waals surface area contributed by atoms with Crippen LogP contribution in [0.1, 0.15) is 0 Å². The van der Waals surface area contributed by atoms with Gasteiger partial charge in [-0.05, 0) is 116 Å². The number of hydrogen-bond acceptors (Lipinski definition) is 0. The Hall–Kier alpha value is -7.54. The summed E-state index contributed by atoms with van der Waals surface area (Å²) in [5, 5.41) is 7.68. The molecule has 0 fully saturated rings. The van der Waals surface area contributed by atoms with Gasteiger partial charge in [0.25, 0.3) is 0 Å². The lowest BCUT2D eigenvalue weighted by molar-refractivity contribution is 1.58. The first-order valence-electron chi connectivity index (χ1n) is 20.1. The summed E-state index contributed by atoms with van der Waals surface area (Å²) >= 11 is 0. The van der Waals surface area contributed by atoms with Gasteiger partial charge in [0.15, 0.2) is 0 Å². The predicted octanol–water partition coefficient (Wildman–Crippen LogP) is 16.3. The SMILES string of the molecule is c1ccc(-c2ccc(-c3ccccc3-c3ccc4ccc5c(-c6ccccc6-c6ccc(-c7ccccc7)cc6)cc(-c6ccccc6)c6ccc3c4c65)cc2)cc1. The molecule has 0 heterocycles. The van der Waals surface area contributed by atoms with Crippen molar-refractivity contribution in [2.75, 3.05) is 0 Å². The molecule has 11 aromatic carbocycles. The zero-order valence-corrected chi connectivity index (χ0v) is 31.9. The molecule has 270 valence electrons. The third-order valence-corrected chi connectivity index (χ3v) is 11.9. The highest BCUT2D eigenvalue weighted by molar-refractivity contribution is 6.30. The normalized spacial score (nSPS) is 11.4. The minimum Gasteiger partial charge on any atom is -0.0622 e. The largest absolute Gasteiger partial charge is 0.0622 e. The Morgan fingerprint density at radius 2 is 0.517 bits per heavy atom. The smallest absolute Gasteiger partial charge is 0.00141 e. The van der Waals surface area contributed by atoms with Crippen LogP contribution in [0.5, 0.6) is 0 Å². The highest BCUT2D eigenvalue weighted by Gasteiger charge is 2.21. The van der Waals surface area contributed by atoms with Crippen LogP contribution in [-0.2, 0) is 0 Å². The molecule has 0 bridgehead atoms. The van der Waals surface area contributed by atoms with Gasteiger partial charge in [-0.3, -0.25) is 0 Å². The molecule has 0 atom stereocenters. The standard InChI is InChI=1S/C58H38/c1-4-14-39(15-5-1)41-24-28-44(29-25-41)47-20-10-12-22-49(47)51-34-32-46-33-35-54-56(38-55(43-18-8-3-9-19-43)53-37-36-52(51)57(46)58(53)54)50-23-13-11-21-48(50)45-30-26-42(27-31-45)40-16-6-2-7-17-40/h1-38H. The molecule has 0 N–H and O–H groups in total. The van der Waals surface area contributed by atoms with Gasteiger partial charge in [-0.1, -0.05) is 224 Å². The van der Waals surface area contributed by atoms with Gasteiger partial charge < -0.3 is 0 Å². The van der Waals surface area contributed by atoms with Gasteiger partial charge in [-0.2, -0.15) is 0 Å². The van der Waals surface area contributed by atoms with E-state index < -0.39 is 0 Å². The molecule has 58 heavy (non-hydrogen) atoms. The average molecular weight is 735 g/mol. The summed E-state index contributed by atoms with van der Waals surface area (Å²) in [6.07, 6.45) is 0. The summed E-state index contributed by atoms with van der Waals surface area (Å²) in [5.41, 5.74) is 17.2. The van der Waals surface area contributed by atoms with E-state index >= 15 is 0 Å². The van der Waals surface area contributed by atoms with Crippen molar-refractivity contribution < 1.29 is 0 Å². The number of benzene rings is 11. The van der Waals surface area contributed by atoms with E-state index in [0.717, 1.165) is 0 Å². The second-order valence-electron chi connectivity index (χ2n) is 15.2. The van der Waals surface area contributed by atoms with E-state index in [1.165, 1.54) is 110 Å². The van der Waals surface area contributed by atoms with E-state index in [0.29, 0.717) is 0 Å². The Balaban J connectivity index is 1.12. The Bertz CT molecular complexity index is 3210. The fourth-order valence-electron chi connectivity index (χ4n) is 9.10. The van der Waals surface area contributed by atoms with Crippen molar-refractivity contribution in [3.05, 3.63) is 231 Å². The van der Waals surface area contributed by atoms with Gasteiger partial charge in [0.05, 0.1) is 0 Å². The monoisotopic (exact) mass is 734 g/mol. The van der Waals surface area contributed by atoms with Crippen molar-refractivity contribution >= 4 is 32.3 Å². The van der Waals surface area contributed by atoms with Gasteiger partial charge in [0, 0.05) is 0 Å².